The largest absolute Gasteiger partial charge is 0.504 e. The van der Waals surface area contributed by atoms with Crippen molar-refractivity contribution in [3.05, 3.63) is 17.7 Å². The maximum atomic E-state index is 9.70. The zero-order valence-electron chi connectivity index (χ0n) is 9.69. The average Bonchev–Trinajstić information content (AvgIpc) is 2.82. The smallest absolute Gasteiger partial charge is 0.155 e. The van der Waals surface area contributed by atoms with Crippen LogP contribution < -0.4 is 5.73 Å². The van der Waals surface area contributed by atoms with Gasteiger partial charge < -0.3 is 10.8 Å². The highest BCUT2D eigenvalue weighted by molar-refractivity contribution is 5.27. The first-order valence-corrected chi connectivity index (χ1v) is 5.98. The highest BCUT2D eigenvalue weighted by atomic mass is 16.3. The van der Waals surface area contributed by atoms with E-state index in [2.05, 4.69) is 9.97 Å². The third-order valence-electron chi connectivity index (χ3n) is 3.36. The zero-order chi connectivity index (χ0) is 11.5. The Labute approximate surface area is 95.9 Å². The molecule has 0 saturated heterocycles. The van der Waals surface area contributed by atoms with Gasteiger partial charge in [0, 0.05) is 18.4 Å². The van der Waals surface area contributed by atoms with Crippen molar-refractivity contribution in [3.8, 4) is 5.75 Å². The van der Waals surface area contributed by atoms with Gasteiger partial charge in [0.1, 0.15) is 5.82 Å². The van der Waals surface area contributed by atoms with Crippen molar-refractivity contribution >= 4 is 0 Å². The molecule has 4 heteroatoms. The van der Waals surface area contributed by atoms with Gasteiger partial charge in [-0.2, -0.15) is 0 Å². The highest BCUT2D eigenvalue weighted by Gasteiger charge is 2.21. The van der Waals surface area contributed by atoms with Gasteiger partial charge in [-0.15, -0.1) is 0 Å². The van der Waals surface area contributed by atoms with E-state index in [0.29, 0.717) is 18.2 Å². The molecule has 1 saturated carbocycles. The SMILES string of the molecule is CC(CN)c1nc(C2CCCC2)ncc1O. The van der Waals surface area contributed by atoms with Crippen LogP contribution in [0.3, 0.4) is 0 Å². The molecule has 1 heterocycles. The van der Waals surface area contributed by atoms with Crippen LogP contribution in [0.15, 0.2) is 6.20 Å². The summed E-state index contributed by atoms with van der Waals surface area (Å²) in [6.45, 7) is 2.47. The second-order valence-electron chi connectivity index (χ2n) is 4.62. The van der Waals surface area contributed by atoms with E-state index in [1.807, 2.05) is 6.92 Å². The number of aromatic hydroxyl groups is 1. The van der Waals surface area contributed by atoms with Crippen molar-refractivity contribution in [2.75, 3.05) is 6.54 Å². The lowest BCUT2D eigenvalue weighted by Gasteiger charge is -2.13. The third-order valence-corrected chi connectivity index (χ3v) is 3.36. The number of hydrogen-bond donors (Lipinski definition) is 2. The molecule has 0 aliphatic heterocycles. The number of nitrogens with two attached hydrogens (primary N) is 1. The Morgan fingerprint density at radius 3 is 2.81 bits per heavy atom. The minimum Gasteiger partial charge on any atom is -0.504 e. The minimum atomic E-state index is 0.0863. The van der Waals surface area contributed by atoms with Crippen molar-refractivity contribution < 1.29 is 5.11 Å². The molecular weight excluding hydrogens is 202 g/mol. The van der Waals surface area contributed by atoms with Gasteiger partial charge in [-0.25, -0.2) is 9.97 Å². The topological polar surface area (TPSA) is 72.0 Å². The summed E-state index contributed by atoms with van der Waals surface area (Å²) in [4.78, 5) is 8.72. The monoisotopic (exact) mass is 221 g/mol. The molecule has 0 amide bonds. The minimum absolute atomic E-state index is 0.0863. The normalized spacial score (nSPS) is 18.9. The van der Waals surface area contributed by atoms with Crippen LogP contribution in [0.25, 0.3) is 0 Å². The van der Waals surface area contributed by atoms with Crippen LogP contribution in [0, 0.1) is 0 Å². The van der Waals surface area contributed by atoms with Crippen LogP contribution in [0.1, 0.15) is 56.0 Å². The third kappa shape index (κ3) is 2.16. The van der Waals surface area contributed by atoms with Crippen molar-refractivity contribution in [3.63, 3.8) is 0 Å². The van der Waals surface area contributed by atoms with Crippen LogP contribution in [0.4, 0.5) is 0 Å². The first-order chi connectivity index (χ1) is 7.72. The van der Waals surface area contributed by atoms with E-state index in [0.717, 1.165) is 5.82 Å². The molecular formula is C12H19N3O. The molecule has 1 aliphatic carbocycles. The molecule has 0 radical (unpaired) electrons. The molecule has 16 heavy (non-hydrogen) atoms. The van der Waals surface area contributed by atoms with Gasteiger partial charge in [-0.05, 0) is 12.8 Å². The summed E-state index contributed by atoms with van der Waals surface area (Å²) in [6, 6.07) is 0. The van der Waals surface area contributed by atoms with E-state index in [4.69, 9.17) is 5.73 Å². The van der Waals surface area contributed by atoms with E-state index >= 15 is 0 Å². The van der Waals surface area contributed by atoms with Gasteiger partial charge in [0.25, 0.3) is 0 Å². The zero-order valence-corrected chi connectivity index (χ0v) is 9.69. The van der Waals surface area contributed by atoms with Gasteiger partial charge in [-0.1, -0.05) is 19.8 Å². The van der Waals surface area contributed by atoms with Crippen molar-refractivity contribution in [2.45, 2.75) is 44.4 Å². The Bertz CT molecular complexity index is 361. The predicted octanol–water partition coefficient (Wildman–Crippen LogP) is 1.90. The van der Waals surface area contributed by atoms with Gasteiger partial charge in [0.15, 0.2) is 5.75 Å². The van der Waals surface area contributed by atoms with E-state index in [9.17, 15) is 5.11 Å². The van der Waals surface area contributed by atoms with Crippen molar-refractivity contribution in [1.29, 1.82) is 0 Å². The van der Waals surface area contributed by atoms with E-state index < -0.39 is 0 Å². The standard InChI is InChI=1S/C12H19N3O/c1-8(6-13)11-10(16)7-14-12(15-11)9-4-2-3-5-9/h7-9,16H,2-6,13H2,1H3. The molecule has 1 aromatic rings. The predicted molar refractivity (Wildman–Crippen MR) is 62.4 cm³/mol. The molecule has 3 N–H and O–H groups in total. The molecule has 0 spiro atoms. The molecule has 1 fully saturated rings. The molecule has 2 rings (SSSR count). The summed E-state index contributed by atoms with van der Waals surface area (Å²) in [7, 11) is 0. The second-order valence-corrected chi connectivity index (χ2v) is 4.62. The molecule has 1 aliphatic rings. The first-order valence-electron chi connectivity index (χ1n) is 5.98. The van der Waals surface area contributed by atoms with Crippen LogP contribution in [0.5, 0.6) is 5.75 Å². The molecule has 1 aromatic heterocycles. The maximum Gasteiger partial charge on any atom is 0.155 e. The number of nitrogens with zero attached hydrogens (tertiary/aromatic N) is 2. The molecule has 4 nitrogen and oxygen atoms in total. The Morgan fingerprint density at radius 2 is 2.19 bits per heavy atom. The summed E-state index contributed by atoms with van der Waals surface area (Å²) in [6.07, 6.45) is 6.37. The van der Waals surface area contributed by atoms with Crippen molar-refractivity contribution in [2.24, 2.45) is 5.73 Å². The average molecular weight is 221 g/mol. The Balaban J connectivity index is 2.27. The van der Waals surface area contributed by atoms with E-state index in [1.54, 1.807) is 0 Å². The fraction of sp³-hybridized carbons (Fsp3) is 0.667. The van der Waals surface area contributed by atoms with Gasteiger partial charge >= 0.3 is 0 Å². The molecule has 0 aromatic carbocycles. The van der Waals surface area contributed by atoms with Gasteiger partial charge in [-0.3, -0.25) is 0 Å². The summed E-state index contributed by atoms with van der Waals surface area (Å²) in [5.74, 6) is 1.61. The summed E-state index contributed by atoms with van der Waals surface area (Å²) in [5, 5.41) is 9.70. The summed E-state index contributed by atoms with van der Waals surface area (Å²) < 4.78 is 0. The highest BCUT2D eigenvalue weighted by Crippen LogP contribution is 2.33. The van der Waals surface area contributed by atoms with Gasteiger partial charge in [0.05, 0.1) is 11.9 Å². The van der Waals surface area contributed by atoms with Crippen LogP contribution in [0.2, 0.25) is 0 Å². The number of rotatable bonds is 3. The fourth-order valence-corrected chi connectivity index (χ4v) is 2.26. The van der Waals surface area contributed by atoms with Crippen LogP contribution >= 0.6 is 0 Å². The lowest BCUT2D eigenvalue weighted by molar-refractivity contribution is 0.451. The second kappa shape index (κ2) is 4.78. The Hall–Kier alpha value is -1.16. The molecule has 0 bridgehead atoms. The van der Waals surface area contributed by atoms with Gasteiger partial charge in [0.2, 0.25) is 0 Å². The molecule has 1 unspecified atom stereocenters. The molecule has 88 valence electrons. The first kappa shape index (κ1) is 11.3. The lowest BCUT2D eigenvalue weighted by Crippen LogP contribution is -2.13. The van der Waals surface area contributed by atoms with Crippen molar-refractivity contribution in [1.82, 2.24) is 9.97 Å². The number of hydrogen-bond acceptors (Lipinski definition) is 4. The van der Waals surface area contributed by atoms with E-state index in [1.165, 1.54) is 31.9 Å². The summed E-state index contributed by atoms with van der Waals surface area (Å²) >= 11 is 0. The quantitative estimate of drug-likeness (QED) is 0.817. The maximum absolute atomic E-state index is 9.70. The lowest BCUT2D eigenvalue weighted by atomic mass is 10.0. The number of aromatic nitrogens is 2. The summed E-state index contributed by atoms with van der Waals surface area (Å²) in [5.41, 5.74) is 6.30. The Kier molecular flexibility index (Phi) is 3.39. The molecule has 1 atom stereocenters. The van der Waals surface area contributed by atoms with Crippen LogP contribution in [-0.4, -0.2) is 21.6 Å². The fourth-order valence-electron chi connectivity index (χ4n) is 2.26. The Morgan fingerprint density at radius 1 is 1.50 bits per heavy atom. The van der Waals surface area contributed by atoms with E-state index in [-0.39, 0.29) is 11.7 Å². The van der Waals surface area contributed by atoms with Crippen LogP contribution in [-0.2, 0) is 0 Å².